The molecule has 1 fully saturated rings. The van der Waals surface area contributed by atoms with Crippen molar-refractivity contribution in [3.8, 4) is 0 Å². The van der Waals surface area contributed by atoms with Crippen LogP contribution in [-0.4, -0.2) is 11.5 Å². The molecule has 0 bridgehead atoms. The van der Waals surface area contributed by atoms with Crippen molar-refractivity contribution in [3.05, 3.63) is 23.2 Å². The van der Waals surface area contributed by atoms with Crippen LogP contribution in [0.2, 0.25) is 5.02 Å². The van der Waals surface area contributed by atoms with E-state index in [9.17, 15) is 0 Å². The molecule has 1 aromatic heterocycles. The Hall–Kier alpha value is -0.800. The van der Waals surface area contributed by atoms with E-state index in [4.69, 9.17) is 11.6 Å². The van der Waals surface area contributed by atoms with Crippen LogP contribution < -0.4 is 5.32 Å². The van der Waals surface area contributed by atoms with Gasteiger partial charge in [0, 0.05) is 6.54 Å². The number of nitrogens with one attached hydrogen (secondary N) is 1. The van der Waals surface area contributed by atoms with Crippen molar-refractivity contribution in [1.82, 2.24) is 4.98 Å². The number of rotatable bonds is 3. The summed E-state index contributed by atoms with van der Waals surface area (Å²) in [5, 5.41) is 5.28. The van der Waals surface area contributed by atoms with Crippen LogP contribution in [0, 0.1) is 5.41 Å². The van der Waals surface area contributed by atoms with Gasteiger partial charge in [0.25, 0.3) is 0 Å². The average molecular weight is 281 g/mol. The molecule has 0 spiro atoms. The molecule has 4 heteroatoms. The predicted molar refractivity (Wildman–Crippen MR) is 79.7 cm³/mol. The summed E-state index contributed by atoms with van der Waals surface area (Å²) >= 11 is 7.82. The molecule has 0 radical (unpaired) electrons. The number of hydrogen-bond acceptors (Lipinski definition) is 3. The third kappa shape index (κ3) is 2.34. The molecule has 0 aliphatic heterocycles. The predicted octanol–water partition coefficient (Wildman–Crippen LogP) is 4.94. The molecule has 18 heavy (non-hydrogen) atoms. The molecule has 1 aliphatic carbocycles. The summed E-state index contributed by atoms with van der Waals surface area (Å²) in [6, 6.07) is 5.89. The molecule has 1 N–H and O–H groups in total. The first-order valence-corrected chi connectivity index (χ1v) is 7.65. The normalized spacial score (nSPS) is 18.3. The maximum absolute atomic E-state index is 6.17. The quantitative estimate of drug-likeness (QED) is 0.861. The minimum Gasteiger partial charge on any atom is -0.361 e. The molecule has 1 aromatic carbocycles. The molecule has 0 unspecified atom stereocenters. The fourth-order valence-electron chi connectivity index (χ4n) is 2.69. The first-order valence-electron chi connectivity index (χ1n) is 6.45. The molecule has 96 valence electrons. The molecular formula is C14H17ClN2S. The van der Waals surface area contributed by atoms with Gasteiger partial charge in [-0.3, -0.25) is 0 Å². The maximum Gasteiger partial charge on any atom is 0.183 e. The van der Waals surface area contributed by atoms with Gasteiger partial charge in [0.1, 0.15) is 0 Å². The fourth-order valence-corrected chi connectivity index (χ4v) is 3.84. The van der Waals surface area contributed by atoms with Gasteiger partial charge in [0.2, 0.25) is 0 Å². The van der Waals surface area contributed by atoms with Crippen LogP contribution in [0.15, 0.2) is 18.2 Å². The number of fused-ring (bicyclic) bond motifs is 1. The van der Waals surface area contributed by atoms with Crippen molar-refractivity contribution in [2.45, 2.75) is 32.6 Å². The largest absolute Gasteiger partial charge is 0.361 e. The van der Waals surface area contributed by atoms with Gasteiger partial charge in [-0.05, 0) is 30.4 Å². The Labute approximate surface area is 116 Å². The highest BCUT2D eigenvalue weighted by Gasteiger charge is 2.28. The number of nitrogens with zero attached hydrogens (tertiary/aromatic N) is 1. The van der Waals surface area contributed by atoms with Crippen LogP contribution in [-0.2, 0) is 0 Å². The topological polar surface area (TPSA) is 24.9 Å². The molecule has 0 saturated heterocycles. The first-order chi connectivity index (χ1) is 8.66. The van der Waals surface area contributed by atoms with E-state index < -0.39 is 0 Å². The van der Waals surface area contributed by atoms with Crippen molar-refractivity contribution in [1.29, 1.82) is 0 Å². The average Bonchev–Trinajstić information content (AvgIpc) is 2.94. The highest BCUT2D eigenvalue weighted by atomic mass is 35.5. The van der Waals surface area contributed by atoms with E-state index in [1.54, 1.807) is 11.3 Å². The smallest absolute Gasteiger partial charge is 0.183 e. The summed E-state index contributed by atoms with van der Waals surface area (Å²) in [7, 11) is 0. The third-order valence-corrected chi connectivity index (χ3v) is 5.33. The molecule has 0 atom stereocenters. The first kappa shape index (κ1) is 12.2. The molecule has 1 saturated carbocycles. The lowest BCUT2D eigenvalue weighted by atomic mass is 9.89. The second-order valence-electron chi connectivity index (χ2n) is 5.48. The molecule has 2 nitrogen and oxygen atoms in total. The van der Waals surface area contributed by atoms with E-state index in [0.717, 1.165) is 26.9 Å². The van der Waals surface area contributed by atoms with Gasteiger partial charge in [-0.1, -0.05) is 48.8 Å². The molecule has 2 aromatic rings. The van der Waals surface area contributed by atoms with E-state index in [-0.39, 0.29) is 0 Å². The zero-order valence-corrected chi connectivity index (χ0v) is 12.1. The van der Waals surface area contributed by atoms with Crippen LogP contribution >= 0.6 is 22.9 Å². The Balaban J connectivity index is 1.77. The van der Waals surface area contributed by atoms with Gasteiger partial charge in [-0.25, -0.2) is 4.98 Å². The van der Waals surface area contributed by atoms with Crippen molar-refractivity contribution in [2.75, 3.05) is 11.9 Å². The second-order valence-corrected chi connectivity index (χ2v) is 6.88. The Morgan fingerprint density at radius 3 is 2.89 bits per heavy atom. The molecule has 0 amide bonds. The summed E-state index contributed by atoms with van der Waals surface area (Å²) in [6.07, 6.45) is 5.38. The van der Waals surface area contributed by atoms with Crippen LogP contribution in [0.3, 0.4) is 0 Å². The van der Waals surface area contributed by atoms with Gasteiger partial charge in [-0.15, -0.1) is 0 Å². The monoisotopic (exact) mass is 280 g/mol. The van der Waals surface area contributed by atoms with Gasteiger partial charge < -0.3 is 5.32 Å². The maximum atomic E-state index is 6.17. The standard InChI is InChI=1S/C14H17ClN2S/c1-14(7-2-3-8-14)9-16-13-17-11-6-4-5-10(15)12(11)18-13/h4-6H,2-3,7-9H2,1H3,(H,16,17). The summed E-state index contributed by atoms with van der Waals surface area (Å²) in [6.45, 7) is 3.39. The lowest BCUT2D eigenvalue weighted by molar-refractivity contribution is 0.362. The number of anilines is 1. The van der Waals surface area contributed by atoms with E-state index in [1.807, 2.05) is 18.2 Å². The van der Waals surface area contributed by atoms with E-state index in [1.165, 1.54) is 25.7 Å². The van der Waals surface area contributed by atoms with Gasteiger partial charge >= 0.3 is 0 Å². The zero-order valence-electron chi connectivity index (χ0n) is 10.5. The fraction of sp³-hybridized carbons (Fsp3) is 0.500. The Morgan fingerprint density at radius 1 is 1.39 bits per heavy atom. The SMILES string of the molecule is CC1(CNc2nc3cccc(Cl)c3s2)CCCC1. The summed E-state index contributed by atoms with van der Waals surface area (Å²) < 4.78 is 1.08. The minimum atomic E-state index is 0.446. The summed E-state index contributed by atoms with van der Waals surface area (Å²) in [5.74, 6) is 0. The van der Waals surface area contributed by atoms with Crippen LogP contribution in [0.1, 0.15) is 32.6 Å². The van der Waals surface area contributed by atoms with Crippen LogP contribution in [0.5, 0.6) is 0 Å². The van der Waals surface area contributed by atoms with E-state index in [0.29, 0.717) is 5.41 Å². The van der Waals surface area contributed by atoms with Crippen molar-refractivity contribution in [3.63, 3.8) is 0 Å². The number of benzene rings is 1. The molecule has 1 aliphatic rings. The third-order valence-electron chi connectivity index (χ3n) is 3.84. The Morgan fingerprint density at radius 2 is 2.17 bits per heavy atom. The van der Waals surface area contributed by atoms with Crippen molar-refractivity contribution >= 4 is 38.3 Å². The summed E-state index contributed by atoms with van der Waals surface area (Å²) in [4.78, 5) is 4.59. The van der Waals surface area contributed by atoms with Gasteiger partial charge in [0.05, 0.1) is 15.2 Å². The van der Waals surface area contributed by atoms with Crippen molar-refractivity contribution < 1.29 is 0 Å². The van der Waals surface area contributed by atoms with Crippen molar-refractivity contribution in [2.24, 2.45) is 5.41 Å². The lowest BCUT2D eigenvalue weighted by Gasteiger charge is -2.23. The second kappa shape index (κ2) is 4.71. The van der Waals surface area contributed by atoms with Crippen LogP contribution in [0.25, 0.3) is 10.2 Å². The lowest BCUT2D eigenvalue weighted by Crippen LogP contribution is -2.22. The molecule has 3 rings (SSSR count). The zero-order chi connectivity index (χ0) is 12.6. The summed E-state index contributed by atoms with van der Waals surface area (Å²) in [5.41, 5.74) is 1.44. The Kier molecular flexibility index (Phi) is 3.20. The number of aromatic nitrogens is 1. The Bertz CT molecular complexity index is 558. The van der Waals surface area contributed by atoms with Gasteiger partial charge in [0.15, 0.2) is 5.13 Å². The highest BCUT2D eigenvalue weighted by Crippen LogP contribution is 2.38. The van der Waals surface area contributed by atoms with E-state index in [2.05, 4.69) is 17.2 Å². The molecular weight excluding hydrogens is 264 g/mol. The number of thiazole rings is 1. The van der Waals surface area contributed by atoms with Crippen LogP contribution in [0.4, 0.5) is 5.13 Å². The highest BCUT2D eigenvalue weighted by molar-refractivity contribution is 7.22. The number of halogens is 1. The van der Waals surface area contributed by atoms with E-state index >= 15 is 0 Å². The number of hydrogen-bond donors (Lipinski definition) is 1. The molecule has 1 heterocycles. The van der Waals surface area contributed by atoms with Gasteiger partial charge in [-0.2, -0.15) is 0 Å². The minimum absolute atomic E-state index is 0.446.